The third kappa shape index (κ3) is 4.70. The maximum absolute atomic E-state index is 11.4. The third-order valence-corrected chi connectivity index (χ3v) is 6.27. The quantitative estimate of drug-likeness (QED) is 0.511. The molecule has 8 heteroatoms. The van der Waals surface area contributed by atoms with Crippen molar-refractivity contribution in [1.82, 2.24) is 14.4 Å². The molecule has 2 N–H and O–H groups in total. The van der Waals surface area contributed by atoms with E-state index in [0.29, 0.717) is 6.04 Å². The molecule has 4 rings (SSSR count). The molecule has 0 spiro atoms. The van der Waals surface area contributed by atoms with Crippen molar-refractivity contribution in [2.24, 2.45) is 0 Å². The average molecular weight is 438 g/mol. The first-order valence-electron chi connectivity index (χ1n) is 11.3. The molecule has 1 aliphatic rings. The van der Waals surface area contributed by atoms with E-state index in [1.165, 1.54) is 0 Å². The van der Waals surface area contributed by atoms with E-state index in [1.807, 2.05) is 17.5 Å². The number of rotatable bonds is 9. The molecule has 0 saturated carbocycles. The number of carbonyl (C=O) groups is 1. The van der Waals surface area contributed by atoms with Gasteiger partial charge in [-0.25, -0.2) is 4.98 Å². The van der Waals surface area contributed by atoms with Gasteiger partial charge in [0.15, 0.2) is 5.65 Å². The van der Waals surface area contributed by atoms with Crippen LogP contribution in [0.3, 0.4) is 0 Å². The van der Waals surface area contributed by atoms with E-state index in [4.69, 9.17) is 4.74 Å². The number of carboxylic acid groups (broad SMARTS) is 1. The Morgan fingerprint density at radius 3 is 2.84 bits per heavy atom. The first-order valence-corrected chi connectivity index (χ1v) is 11.3. The first-order chi connectivity index (χ1) is 15.6. The molecule has 32 heavy (non-hydrogen) atoms. The predicted molar refractivity (Wildman–Crippen MR) is 125 cm³/mol. The lowest BCUT2D eigenvalue weighted by Crippen LogP contribution is -2.39. The molecule has 0 bridgehead atoms. The maximum Gasteiger partial charge on any atom is 0.303 e. The van der Waals surface area contributed by atoms with E-state index < -0.39 is 5.97 Å². The lowest BCUT2D eigenvalue weighted by atomic mass is 9.92. The number of fused-ring (bicyclic) bond motifs is 1. The van der Waals surface area contributed by atoms with Gasteiger partial charge in [-0.05, 0) is 49.8 Å². The van der Waals surface area contributed by atoms with Gasteiger partial charge >= 0.3 is 5.97 Å². The van der Waals surface area contributed by atoms with Crippen molar-refractivity contribution < 1.29 is 14.6 Å². The van der Waals surface area contributed by atoms with E-state index >= 15 is 0 Å². The molecule has 0 amide bonds. The molecule has 2 aromatic heterocycles. The number of imidazole rings is 1. The number of hydrogen-bond donors (Lipinski definition) is 2. The normalized spacial score (nSPS) is 15.6. The molecular weight excluding hydrogens is 406 g/mol. The minimum absolute atomic E-state index is 0.0355. The van der Waals surface area contributed by atoms with Gasteiger partial charge < -0.3 is 20.1 Å². The van der Waals surface area contributed by atoms with Crippen LogP contribution >= 0.6 is 0 Å². The number of anilines is 3. The second-order valence-electron chi connectivity index (χ2n) is 8.18. The highest BCUT2D eigenvalue weighted by Gasteiger charge is 2.24. The zero-order valence-corrected chi connectivity index (χ0v) is 18.7. The number of aliphatic carboxylic acids is 1. The van der Waals surface area contributed by atoms with Gasteiger partial charge in [0.25, 0.3) is 0 Å². The summed E-state index contributed by atoms with van der Waals surface area (Å²) in [5.41, 5.74) is 3.86. The molecule has 1 saturated heterocycles. The summed E-state index contributed by atoms with van der Waals surface area (Å²) in [7, 11) is 0. The van der Waals surface area contributed by atoms with Crippen molar-refractivity contribution in [2.75, 3.05) is 30.0 Å². The van der Waals surface area contributed by atoms with Crippen molar-refractivity contribution in [3.63, 3.8) is 0 Å². The Bertz CT molecular complexity index is 1060. The molecule has 0 unspecified atom stereocenters. The minimum Gasteiger partial charge on any atom is -0.481 e. The van der Waals surface area contributed by atoms with Crippen molar-refractivity contribution in [3.05, 3.63) is 48.5 Å². The van der Waals surface area contributed by atoms with E-state index in [9.17, 15) is 9.90 Å². The highest BCUT2D eigenvalue weighted by molar-refractivity contribution is 5.77. The Labute approximate surface area is 188 Å². The Kier molecular flexibility index (Phi) is 6.90. The number of aromatic nitrogens is 3. The summed E-state index contributed by atoms with van der Waals surface area (Å²) in [4.78, 5) is 22.4. The molecule has 1 fully saturated rings. The summed E-state index contributed by atoms with van der Waals surface area (Å²) >= 11 is 0. The predicted octanol–water partition coefficient (Wildman–Crippen LogP) is 4.45. The van der Waals surface area contributed by atoms with Crippen LogP contribution in [0.2, 0.25) is 0 Å². The molecule has 3 aromatic rings. The van der Waals surface area contributed by atoms with Crippen LogP contribution in [-0.2, 0) is 9.53 Å². The van der Waals surface area contributed by atoms with E-state index in [2.05, 4.69) is 45.3 Å². The highest BCUT2D eigenvalue weighted by Crippen LogP contribution is 2.36. The van der Waals surface area contributed by atoms with Gasteiger partial charge in [-0.2, -0.15) is 0 Å². The highest BCUT2D eigenvalue weighted by atomic mass is 16.5. The molecule has 0 radical (unpaired) electrons. The topological polar surface area (TPSA) is 92.0 Å². The SMILES string of the molecule is CC[C@@H](CC(=O)O)c1ccc(N(CC)C2CCOCC2)c(Nc2cnc3cnccn23)c1. The Morgan fingerprint density at radius 2 is 2.12 bits per heavy atom. The average Bonchev–Trinajstić information content (AvgIpc) is 3.22. The van der Waals surface area contributed by atoms with E-state index in [1.54, 1.807) is 18.6 Å². The molecule has 170 valence electrons. The number of hydrogen-bond acceptors (Lipinski definition) is 6. The fourth-order valence-electron chi connectivity index (χ4n) is 4.56. The number of ether oxygens (including phenoxy) is 1. The van der Waals surface area contributed by atoms with E-state index in [-0.39, 0.29) is 12.3 Å². The third-order valence-electron chi connectivity index (χ3n) is 6.27. The molecule has 1 aliphatic heterocycles. The number of carboxylic acids is 1. The molecule has 0 aliphatic carbocycles. The Hall–Kier alpha value is -3.13. The molecule has 1 aromatic carbocycles. The summed E-state index contributed by atoms with van der Waals surface area (Å²) in [6.07, 6.45) is 10.0. The Balaban J connectivity index is 1.75. The van der Waals surface area contributed by atoms with Crippen molar-refractivity contribution in [1.29, 1.82) is 0 Å². The van der Waals surface area contributed by atoms with Crippen LogP contribution < -0.4 is 10.2 Å². The van der Waals surface area contributed by atoms with Gasteiger partial charge in [0.05, 0.1) is 30.2 Å². The van der Waals surface area contributed by atoms with Crippen LogP contribution in [-0.4, -0.2) is 51.2 Å². The number of nitrogens with one attached hydrogen (secondary N) is 1. The van der Waals surface area contributed by atoms with Crippen molar-refractivity contribution in [3.8, 4) is 0 Å². The minimum atomic E-state index is -0.776. The van der Waals surface area contributed by atoms with Crippen LogP contribution in [0.5, 0.6) is 0 Å². The lowest BCUT2D eigenvalue weighted by molar-refractivity contribution is -0.137. The van der Waals surface area contributed by atoms with Gasteiger partial charge in [0.2, 0.25) is 0 Å². The maximum atomic E-state index is 11.4. The smallest absolute Gasteiger partial charge is 0.303 e. The Morgan fingerprint density at radius 1 is 1.31 bits per heavy atom. The summed E-state index contributed by atoms with van der Waals surface area (Å²) < 4.78 is 7.54. The summed E-state index contributed by atoms with van der Waals surface area (Å²) in [5, 5.41) is 12.9. The molecule has 8 nitrogen and oxygen atoms in total. The van der Waals surface area contributed by atoms with E-state index in [0.717, 1.165) is 67.4 Å². The van der Waals surface area contributed by atoms with Gasteiger partial charge in [0.1, 0.15) is 5.82 Å². The standard InChI is InChI=1S/C24H31N5O3/c1-3-17(14-24(30)31)18-5-6-21(28(4-2)19-7-11-32-12-8-19)20(13-18)27-23-16-26-22-15-25-9-10-29(22)23/h5-6,9-10,13,15-17,19,27H,3-4,7-8,11-12,14H2,1-2H3,(H,30,31)/t17-/m0/s1. The van der Waals surface area contributed by atoms with Gasteiger partial charge in [0, 0.05) is 38.2 Å². The van der Waals surface area contributed by atoms with Crippen LogP contribution in [0.1, 0.15) is 51.0 Å². The van der Waals surface area contributed by atoms with Crippen LogP contribution in [0.4, 0.5) is 17.2 Å². The second-order valence-corrected chi connectivity index (χ2v) is 8.18. The fourth-order valence-corrected chi connectivity index (χ4v) is 4.56. The number of nitrogens with zero attached hydrogens (tertiary/aromatic N) is 4. The second kappa shape index (κ2) is 9.99. The lowest BCUT2D eigenvalue weighted by Gasteiger charge is -2.36. The molecule has 3 heterocycles. The van der Waals surface area contributed by atoms with Gasteiger partial charge in [-0.3, -0.25) is 14.2 Å². The van der Waals surface area contributed by atoms with Crippen LogP contribution in [0.25, 0.3) is 5.65 Å². The monoisotopic (exact) mass is 437 g/mol. The van der Waals surface area contributed by atoms with Crippen molar-refractivity contribution in [2.45, 2.75) is 51.5 Å². The zero-order valence-electron chi connectivity index (χ0n) is 18.7. The van der Waals surface area contributed by atoms with Gasteiger partial charge in [-0.1, -0.05) is 13.0 Å². The summed E-state index contributed by atoms with van der Waals surface area (Å²) in [5.74, 6) is 0.0314. The number of benzene rings is 1. The van der Waals surface area contributed by atoms with Crippen LogP contribution in [0, 0.1) is 0 Å². The molecular formula is C24H31N5O3. The van der Waals surface area contributed by atoms with Crippen molar-refractivity contribution >= 4 is 28.8 Å². The zero-order chi connectivity index (χ0) is 22.5. The first kappa shape index (κ1) is 22.1. The molecule has 1 atom stereocenters. The fraction of sp³-hybridized carbons (Fsp3) is 0.458. The van der Waals surface area contributed by atoms with Crippen LogP contribution in [0.15, 0.2) is 43.0 Å². The summed E-state index contributed by atoms with van der Waals surface area (Å²) in [6, 6.07) is 6.73. The summed E-state index contributed by atoms with van der Waals surface area (Å²) in [6.45, 7) is 6.64. The van der Waals surface area contributed by atoms with Gasteiger partial charge in [-0.15, -0.1) is 0 Å². The largest absolute Gasteiger partial charge is 0.481 e.